The van der Waals surface area contributed by atoms with Gasteiger partial charge in [-0.15, -0.1) is 12.4 Å². The first kappa shape index (κ1) is 16.7. The van der Waals surface area contributed by atoms with E-state index in [9.17, 15) is 5.11 Å². The summed E-state index contributed by atoms with van der Waals surface area (Å²) >= 11 is 3.52. The number of hydrogen-bond acceptors (Lipinski definition) is 4. The number of rotatable bonds is 4. The molecule has 1 fully saturated rings. The van der Waals surface area contributed by atoms with Crippen LogP contribution in [-0.4, -0.2) is 40.2 Å². The Bertz CT molecular complexity index is 618. The molecule has 3 heterocycles. The van der Waals surface area contributed by atoms with Crippen molar-refractivity contribution in [3.8, 4) is 0 Å². The van der Waals surface area contributed by atoms with Crippen molar-refractivity contribution in [1.29, 1.82) is 0 Å². The molecule has 1 aliphatic rings. The summed E-state index contributed by atoms with van der Waals surface area (Å²) in [4.78, 5) is 4.47. The Kier molecular flexibility index (Phi) is 5.62. The maximum atomic E-state index is 9.76. The van der Waals surface area contributed by atoms with E-state index in [2.05, 4.69) is 48.9 Å². The number of imidazole rings is 1. The molecule has 116 valence electrons. The van der Waals surface area contributed by atoms with E-state index in [-0.39, 0.29) is 18.5 Å². The summed E-state index contributed by atoms with van der Waals surface area (Å²) in [7, 11) is 0. The zero-order valence-electron chi connectivity index (χ0n) is 11.8. The lowest BCUT2D eigenvalue weighted by atomic mass is 10.1. The second kappa shape index (κ2) is 7.07. The normalized spacial score (nSPS) is 21.7. The van der Waals surface area contributed by atoms with Crippen molar-refractivity contribution in [2.45, 2.75) is 19.6 Å². The van der Waals surface area contributed by atoms with Crippen LogP contribution >= 0.6 is 28.3 Å². The van der Waals surface area contributed by atoms with E-state index in [1.54, 1.807) is 0 Å². The predicted molar refractivity (Wildman–Crippen MR) is 89.0 cm³/mol. The fraction of sp³-hybridized carbons (Fsp3) is 0.500. The summed E-state index contributed by atoms with van der Waals surface area (Å²) in [6.45, 7) is 5.21. The van der Waals surface area contributed by atoms with Gasteiger partial charge in [0, 0.05) is 42.8 Å². The molecule has 2 atom stereocenters. The zero-order chi connectivity index (χ0) is 14.1. The van der Waals surface area contributed by atoms with Crippen LogP contribution in [0.1, 0.15) is 11.3 Å². The molecule has 0 radical (unpaired) electrons. The molecule has 3 rings (SSSR count). The summed E-state index contributed by atoms with van der Waals surface area (Å²) in [5, 5.41) is 16.4. The number of hydrogen-bond donors (Lipinski definition) is 3. The molecule has 0 aliphatic carbocycles. The van der Waals surface area contributed by atoms with Gasteiger partial charge in [-0.2, -0.15) is 0 Å². The maximum Gasteiger partial charge on any atom is 0.139 e. The molecule has 3 N–H and O–H groups in total. The average Bonchev–Trinajstić information content (AvgIpc) is 2.97. The lowest BCUT2D eigenvalue weighted by molar-refractivity contribution is 0.146. The van der Waals surface area contributed by atoms with Gasteiger partial charge in [0.25, 0.3) is 0 Å². The van der Waals surface area contributed by atoms with Gasteiger partial charge < -0.3 is 20.1 Å². The molecule has 2 unspecified atom stereocenters. The van der Waals surface area contributed by atoms with E-state index >= 15 is 0 Å². The van der Waals surface area contributed by atoms with E-state index in [0.717, 1.165) is 41.0 Å². The Hall–Kier alpha value is -0.660. The van der Waals surface area contributed by atoms with Gasteiger partial charge in [0.1, 0.15) is 5.65 Å². The molecule has 21 heavy (non-hydrogen) atoms. The number of aryl methyl sites for hydroxylation is 1. The second-order valence-electron chi connectivity index (χ2n) is 5.40. The minimum atomic E-state index is -0.235. The molecule has 0 aromatic carbocycles. The largest absolute Gasteiger partial charge is 0.391 e. The number of β-amino-alcohol motifs (C(OH)–C–C–N with tert-alkyl or cyclic N) is 1. The highest BCUT2D eigenvalue weighted by molar-refractivity contribution is 9.10. The number of nitrogens with zero attached hydrogens (tertiary/aromatic N) is 2. The first-order valence-corrected chi connectivity index (χ1v) is 7.66. The van der Waals surface area contributed by atoms with E-state index in [0.29, 0.717) is 12.5 Å². The average molecular weight is 376 g/mol. The molecule has 2 aromatic heterocycles. The van der Waals surface area contributed by atoms with Gasteiger partial charge >= 0.3 is 0 Å². The predicted octanol–water partition coefficient (Wildman–Crippen LogP) is 1.50. The summed E-state index contributed by atoms with van der Waals surface area (Å²) in [6.07, 6.45) is 3.71. The van der Waals surface area contributed by atoms with Crippen LogP contribution in [0.15, 0.2) is 22.9 Å². The van der Waals surface area contributed by atoms with Crippen LogP contribution < -0.4 is 10.6 Å². The third-order valence-electron chi connectivity index (χ3n) is 3.85. The molecule has 0 spiro atoms. The highest BCUT2D eigenvalue weighted by Crippen LogP contribution is 2.18. The fourth-order valence-corrected chi connectivity index (χ4v) is 3.26. The molecule has 2 aromatic rings. The zero-order valence-corrected chi connectivity index (χ0v) is 14.2. The van der Waals surface area contributed by atoms with Crippen molar-refractivity contribution in [3.05, 3.63) is 34.2 Å². The molecule has 5 nitrogen and oxygen atoms in total. The van der Waals surface area contributed by atoms with Crippen molar-refractivity contribution in [1.82, 2.24) is 20.0 Å². The van der Waals surface area contributed by atoms with E-state index < -0.39 is 0 Å². The van der Waals surface area contributed by atoms with Gasteiger partial charge in [-0.05, 0) is 34.5 Å². The first-order valence-electron chi connectivity index (χ1n) is 6.86. The molecular weight excluding hydrogens is 356 g/mol. The standard InChI is InChI=1S/C14H19BrN4O.ClH/c1-9-2-11(15)8-19-12(6-18-14(9)19)5-16-3-10-4-17-7-13(10)20;/h2,6,8,10,13,16-17,20H,3-5,7H2,1H3;1H. The van der Waals surface area contributed by atoms with Gasteiger partial charge in [-0.1, -0.05) is 0 Å². The summed E-state index contributed by atoms with van der Waals surface area (Å²) in [5.41, 5.74) is 3.28. The number of aliphatic hydroxyl groups is 1. The minimum Gasteiger partial charge on any atom is -0.391 e. The number of pyridine rings is 1. The maximum absolute atomic E-state index is 9.76. The van der Waals surface area contributed by atoms with Crippen LogP contribution in [0.25, 0.3) is 5.65 Å². The lowest BCUT2D eigenvalue weighted by Crippen LogP contribution is -2.30. The Morgan fingerprint density at radius 3 is 3.05 bits per heavy atom. The van der Waals surface area contributed by atoms with Crippen molar-refractivity contribution in [2.24, 2.45) is 5.92 Å². The third-order valence-corrected chi connectivity index (χ3v) is 4.28. The van der Waals surface area contributed by atoms with Gasteiger partial charge in [-0.25, -0.2) is 4.98 Å². The summed E-state index contributed by atoms with van der Waals surface area (Å²) < 4.78 is 3.16. The number of halogens is 2. The quantitative estimate of drug-likeness (QED) is 0.758. The molecule has 1 aliphatic heterocycles. The Morgan fingerprint density at radius 2 is 2.33 bits per heavy atom. The van der Waals surface area contributed by atoms with Crippen molar-refractivity contribution >= 4 is 34.0 Å². The molecule has 0 amide bonds. The van der Waals surface area contributed by atoms with Crippen molar-refractivity contribution in [2.75, 3.05) is 19.6 Å². The van der Waals surface area contributed by atoms with Crippen LogP contribution in [0.2, 0.25) is 0 Å². The first-order chi connectivity index (χ1) is 9.65. The molecule has 0 bridgehead atoms. The number of aromatic nitrogens is 2. The van der Waals surface area contributed by atoms with Crippen LogP contribution in [-0.2, 0) is 6.54 Å². The number of fused-ring (bicyclic) bond motifs is 1. The SMILES string of the molecule is Cc1cc(Br)cn2c(CNCC3CNCC3O)cnc12.Cl. The lowest BCUT2D eigenvalue weighted by Gasteiger charge is -2.14. The van der Waals surface area contributed by atoms with Crippen LogP contribution in [0.3, 0.4) is 0 Å². The second-order valence-corrected chi connectivity index (χ2v) is 6.32. The number of aliphatic hydroxyl groups excluding tert-OH is 1. The summed E-state index contributed by atoms with van der Waals surface area (Å²) in [6, 6.07) is 2.07. The monoisotopic (exact) mass is 374 g/mol. The fourth-order valence-electron chi connectivity index (χ4n) is 2.71. The van der Waals surface area contributed by atoms with Gasteiger partial charge in [0.2, 0.25) is 0 Å². The molecule has 1 saturated heterocycles. The van der Waals surface area contributed by atoms with Crippen molar-refractivity contribution < 1.29 is 5.11 Å². The molecule has 7 heteroatoms. The topological polar surface area (TPSA) is 61.6 Å². The van der Waals surface area contributed by atoms with Crippen LogP contribution in [0.5, 0.6) is 0 Å². The van der Waals surface area contributed by atoms with Crippen LogP contribution in [0.4, 0.5) is 0 Å². The molecule has 0 saturated carbocycles. The summed E-state index contributed by atoms with van der Waals surface area (Å²) in [5.74, 6) is 0.294. The highest BCUT2D eigenvalue weighted by Gasteiger charge is 2.24. The highest BCUT2D eigenvalue weighted by atomic mass is 79.9. The smallest absolute Gasteiger partial charge is 0.139 e. The Balaban J connectivity index is 0.00000161. The van der Waals surface area contributed by atoms with Crippen molar-refractivity contribution in [3.63, 3.8) is 0 Å². The van der Waals surface area contributed by atoms with Crippen LogP contribution in [0, 0.1) is 12.8 Å². The van der Waals surface area contributed by atoms with E-state index in [1.807, 2.05) is 12.4 Å². The van der Waals surface area contributed by atoms with E-state index in [4.69, 9.17) is 0 Å². The Labute approximate surface area is 138 Å². The van der Waals surface area contributed by atoms with Gasteiger partial charge in [0.05, 0.1) is 18.0 Å². The van der Waals surface area contributed by atoms with Gasteiger partial charge in [-0.3, -0.25) is 0 Å². The Morgan fingerprint density at radius 1 is 1.52 bits per heavy atom. The minimum absolute atomic E-state index is 0. The third kappa shape index (κ3) is 3.57. The van der Waals surface area contributed by atoms with E-state index in [1.165, 1.54) is 0 Å². The number of nitrogens with one attached hydrogen (secondary N) is 2. The van der Waals surface area contributed by atoms with Gasteiger partial charge in [0.15, 0.2) is 0 Å². The molecular formula is C14H20BrClN4O.